The van der Waals surface area contributed by atoms with Crippen molar-refractivity contribution in [1.29, 1.82) is 0 Å². The fourth-order valence-corrected chi connectivity index (χ4v) is 1.85. The molecule has 0 amide bonds. The maximum absolute atomic E-state index is 8.83. The number of anilines is 1. The third-order valence-corrected chi connectivity index (χ3v) is 2.63. The highest BCUT2D eigenvalue weighted by Gasteiger charge is 2.30. The Bertz CT molecular complexity index is 235. The Morgan fingerprint density at radius 2 is 2.50 bits per heavy atom. The highest BCUT2D eigenvalue weighted by Crippen LogP contribution is 2.31. The molecule has 1 aliphatic carbocycles. The quantitative estimate of drug-likeness (QED) is 0.742. The second kappa shape index (κ2) is 3.37. The van der Waals surface area contributed by atoms with Crippen molar-refractivity contribution in [2.24, 2.45) is 0 Å². The molecule has 1 aliphatic rings. The zero-order valence-electron chi connectivity index (χ0n) is 6.68. The van der Waals surface area contributed by atoms with Gasteiger partial charge in [0.25, 0.3) is 0 Å². The van der Waals surface area contributed by atoms with Gasteiger partial charge in [-0.1, -0.05) is 0 Å². The van der Waals surface area contributed by atoms with Gasteiger partial charge in [-0.15, -0.1) is 0 Å². The number of rotatable bonds is 4. The molecule has 0 saturated heterocycles. The minimum absolute atomic E-state index is 0.191. The van der Waals surface area contributed by atoms with E-state index in [0.717, 1.165) is 5.13 Å². The average molecular weight is 185 g/mol. The van der Waals surface area contributed by atoms with Crippen LogP contribution >= 0.6 is 11.5 Å². The van der Waals surface area contributed by atoms with Crippen LogP contribution in [0.25, 0.3) is 0 Å². The maximum Gasteiger partial charge on any atom is 0.205 e. The third-order valence-electron chi connectivity index (χ3n) is 1.92. The van der Waals surface area contributed by atoms with Crippen LogP contribution in [0.15, 0.2) is 6.33 Å². The van der Waals surface area contributed by atoms with E-state index in [2.05, 4.69) is 14.3 Å². The van der Waals surface area contributed by atoms with Crippen LogP contribution in [0, 0.1) is 0 Å². The largest absolute Gasteiger partial charge is 0.395 e. The number of aromatic nitrogens is 2. The van der Waals surface area contributed by atoms with Gasteiger partial charge in [0.15, 0.2) is 0 Å². The van der Waals surface area contributed by atoms with Gasteiger partial charge in [0.1, 0.15) is 6.33 Å². The molecule has 0 aliphatic heterocycles. The van der Waals surface area contributed by atoms with Crippen molar-refractivity contribution < 1.29 is 5.11 Å². The lowest BCUT2D eigenvalue weighted by atomic mass is 10.5. The predicted octanol–water partition coefficient (Wildman–Crippen LogP) is 0.499. The molecular weight excluding hydrogens is 174 g/mol. The van der Waals surface area contributed by atoms with Gasteiger partial charge in [-0.05, 0) is 12.8 Å². The van der Waals surface area contributed by atoms with Gasteiger partial charge in [0, 0.05) is 24.1 Å². The molecule has 1 N–H and O–H groups in total. The molecule has 4 nitrogen and oxygen atoms in total. The number of hydrogen-bond acceptors (Lipinski definition) is 5. The Morgan fingerprint density at radius 3 is 3.00 bits per heavy atom. The van der Waals surface area contributed by atoms with Gasteiger partial charge in [0.05, 0.1) is 6.61 Å². The first-order chi connectivity index (χ1) is 5.92. The molecule has 5 heteroatoms. The third kappa shape index (κ3) is 1.56. The molecule has 1 saturated carbocycles. The second-order valence-corrected chi connectivity index (χ2v) is 3.63. The Morgan fingerprint density at radius 1 is 1.67 bits per heavy atom. The number of nitrogens with zero attached hydrogens (tertiary/aromatic N) is 3. The van der Waals surface area contributed by atoms with Crippen molar-refractivity contribution in [3.05, 3.63) is 6.33 Å². The molecule has 0 aromatic carbocycles. The molecule has 1 fully saturated rings. The molecule has 0 bridgehead atoms. The molecular formula is C7H11N3OS. The van der Waals surface area contributed by atoms with Gasteiger partial charge in [-0.3, -0.25) is 0 Å². The second-order valence-electron chi connectivity index (χ2n) is 2.87. The summed E-state index contributed by atoms with van der Waals surface area (Å²) in [6.45, 7) is 0.871. The lowest BCUT2D eigenvalue weighted by Crippen LogP contribution is -2.28. The molecule has 0 radical (unpaired) electrons. The first-order valence-corrected chi connectivity index (χ1v) is 4.83. The molecule has 1 aromatic rings. The molecule has 66 valence electrons. The van der Waals surface area contributed by atoms with Crippen molar-refractivity contribution in [1.82, 2.24) is 9.36 Å². The van der Waals surface area contributed by atoms with Crippen LogP contribution in [0.3, 0.4) is 0 Å². The fourth-order valence-electron chi connectivity index (χ4n) is 1.22. The van der Waals surface area contributed by atoms with E-state index in [-0.39, 0.29) is 6.61 Å². The Balaban J connectivity index is 2.05. The molecule has 1 aromatic heterocycles. The SMILES string of the molecule is OCCN(c1ncns1)C1CC1. The zero-order valence-corrected chi connectivity index (χ0v) is 7.50. The van der Waals surface area contributed by atoms with E-state index in [4.69, 9.17) is 5.11 Å². The van der Waals surface area contributed by atoms with Crippen LogP contribution in [-0.2, 0) is 0 Å². The van der Waals surface area contributed by atoms with E-state index in [1.165, 1.54) is 24.4 Å². The van der Waals surface area contributed by atoms with Crippen molar-refractivity contribution in [2.45, 2.75) is 18.9 Å². The normalized spacial score (nSPS) is 16.4. The average Bonchev–Trinajstić information content (AvgIpc) is 2.77. The van der Waals surface area contributed by atoms with Crippen molar-refractivity contribution in [2.75, 3.05) is 18.1 Å². The van der Waals surface area contributed by atoms with E-state index in [0.29, 0.717) is 12.6 Å². The zero-order chi connectivity index (χ0) is 8.39. The summed E-state index contributed by atoms with van der Waals surface area (Å²) in [7, 11) is 0. The summed E-state index contributed by atoms with van der Waals surface area (Å²) < 4.78 is 3.94. The van der Waals surface area contributed by atoms with Crippen LogP contribution in [-0.4, -0.2) is 33.7 Å². The smallest absolute Gasteiger partial charge is 0.205 e. The molecule has 0 spiro atoms. The monoisotopic (exact) mass is 185 g/mol. The summed E-state index contributed by atoms with van der Waals surface area (Å²) in [4.78, 5) is 6.26. The van der Waals surface area contributed by atoms with Gasteiger partial charge < -0.3 is 10.0 Å². The van der Waals surface area contributed by atoms with Crippen molar-refractivity contribution >= 4 is 16.7 Å². The molecule has 1 heterocycles. The summed E-state index contributed by atoms with van der Waals surface area (Å²) in [6, 6.07) is 0.602. The van der Waals surface area contributed by atoms with Crippen molar-refractivity contribution in [3.8, 4) is 0 Å². The Hall–Kier alpha value is -0.680. The van der Waals surface area contributed by atoms with E-state index in [1.807, 2.05) is 0 Å². The van der Waals surface area contributed by atoms with Gasteiger partial charge in [-0.2, -0.15) is 4.37 Å². The fraction of sp³-hybridized carbons (Fsp3) is 0.714. The van der Waals surface area contributed by atoms with E-state index < -0.39 is 0 Å². The van der Waals surface area contributed by atoms with Crippen LogP contribution in [0.1, 0.15) is 12.8 Å². The van der Waals surface area contributed by atoms with Crippen LogP contribution in [0.5, 0.6) is 0 Å². The standard InChI is InChI=1S/C7H11N3OS/c11-4-3-10(6-1-2-6)7-8-5-9-12-7/h5-6,11H,1-4H2. The first kappa shape index (κ1) is 7.94. The number of aliphatic hydroxyl groups is 1. The maximum atomic E-state index is 8.83. The van der Waals surface area contributed by atoms with Crippen LogP contribution in [0.4, 0.5) is 5.13 Å². The molecule has 2 rings (SSSR count). The number of hydrogen-bond donors (Lipinski definition) is 1. The first-order valence-electron chi connectivity index (χ1n) is 4.06. The van der Waals surface area contributed by atoms with E-state index in [1.54, 1.807) is 6.33 Å². The lowest BCUT2D eigenvalue weighted by Gasteiger charge is -2.18. The summed E-state index contributed by atoms with van der Waals surface area (Å²) in [5.74, 6) is 0. The molecule has 12 heavy (non-hydrogen) atoms. The van der Waals surface area contributed by atoms with Crippen LogP contribution in [0.2, 0.25) is 0 Å². The summed E-state index contributed by atoms with van der Waals surface area (Å²) >= 11 is 1.39. The summed E-state index contributed by atoms with van der Waals surface area (Å²) in [6.07, 6.45) is 4.01. The minimum atomic E-state index is 0.191. The van der Waals surface area contributed by atoms with Crippen LogP contribution < -0.4 is 4.90 Å². The predicted molar refractivity (Wildman–Crippen MR) is 47.4 cm³/mol. The van der Waals surface area contributed by atoms with Gasteiger partial charge >= 0.3 is 0 Å². The van der Waals surface area contributed by atoms with Gasteiger partial charge in [0.2, 0.25) is 5.13 Å². The van der Waals surface area contributed by atoms with Crippen molar-refractivity contribution in [3.63, 3.8) is 0 Å². The summed E-state index contributed by atoms with van der Waals surface area (Å²) in [5.41, 5.74) is 0. The Labute approximate surface area is 75.0 Å². The Kier molecular flexibility index (Phi) is 2.23. The molecule has 0 atom stereocenters. The van der Waals surface area contributed by atoms with E-state index in [9.17, 15) is 0 Å². The van der Waals surface area contributed by atoms with Gasteiger partial charge in [-0.25, -0.2) is 4.98 Å². The lowest BCUT2D eigenvalue weighted by molar-refractivity contribution is 0.301. The van der Waals surface area contributed by atoms with E-state index >= 15 is 0 Å². The summed E-state index contributed by atoms with van der Waals surface area (Å²) in [5, 5.41) is 9.76. The number of aliphatic hydroxyl groups excluding tert-OH is 1. The molecule has 0 unspecified atom stereocenters. The highest BCUT2D eigenvalue weighted by atomic mass is 32.1. The topological polar surface area (TPSA) is 49.2 Å². The highest BCUT2D eigenvalue weighted by molar-refractivity contribution is 7.09. The minimum Gasteiger partial charge on any atom is -0.395 e.